The molecule has 0 bridgehead atoms. The molecular formula is C23H28N4O3. The van der Waals surface area contributed by atoms with Gasteiger partial charge in [-0.25, -0.2) is 0 Å². The van der Waals surface area contributed by atoms with E-state index in [1.165, 1.54) is 0 Å². The highest BCUT2D eigenvalue weighted by molar-refractivity contribution is 6.07. The van der Waals surface area contributed by atoms with Gasteiger partial charge in [-0.15, -0.1) is 0 Å². The van der Waals surface area contributed by atoms with Gasteiger partial charge in [0.2, 0.25) is 11.8 Å². The van der Waals surface area contributed by atoms with Crippen LogP contribution in [0.5, 0.6) is 0 Å². The molecule has 0 radical (unpaired) electrons. The summed E-state index contributed by atoms with van der Waals surface area (Å²) in [6.45, 7) is 8.86. The Labute approximate surface area is 176 Å². The SMILES string of the molecule is CC(=O)c1cn(C(C)C(=O)N2CCC(c3nc(C(C)C)no3)CC2)c2ccccc12. The normalized spacial score (nSPS) is 16.4. The highest BCUT2D eigenvalue weighted by atomic mass is 16.5. The smallest absolute Gasteiger partial charge is 0.245 e. The Kier molecular flexibility index (Phi) is 5.45. The molecule has 1 unspecified atom stereocenters. The number of likely N-dealkylation sites (tertiary alicyclic amines) is 1. The summed E-state index contributed by atoms with van der Waals surface area (Å²) in [5, 5.41) is 4.95. The molecule has 0 N–H and O–H groups in total. The number of fused-ring (bicyclic) bond motifs is 1. The maximum Gasteiger partial charge on any atom is 0.245 e. The number of piperidine rings is 1. The number of rotatable bonds is 5. The molecule has 1 atom stereocenters. The van der Waals surface area contributed by atoms with Crippen LogP contribution in [0.25, 0.3) is 10.9 Å². The van der Waals surface area contributed by atoms with Crippen molar-refractivity contribution in [3.05, 3.63) is 47.7 Å². The summed E-state index contributed by atoms with van der Waals surface area (Å²) < 4.78 is 7.37. The maximum atomic E-state index is 13.2. The van der Waals surface area contributed by atoms with Crippen molar-refractivity contribution in [3.63, 3.8) is 0 Å². The number of carbonyl (C=O) groups excluding carboxylic acids is 2. The number of hydrogen-bond donors (Lipinski definition) is 0. The Morgan fingerprint density at radius 1 is 1.13 bits per heavy atom. The quantitative estimate of drug-likeness (QED) is 0.587. The van der Waals surface area contributed by atoms with Gasteiger partial charge in [0.05, 0.1) is 0 Å². The van der Waals surface area contributed by atoms with Gasteiger partial charge in [0.15, 0.2) is 11.6 Å². The molecule has 0 spiro atoms. The lowest BCUT2D eigenvalue weighted by molar-refractivity contribution is -0.135. The standard InChI is InChI=1S/C23H28N4O3/c1-14(2)21-24-22(30-25-21)17-9-11-26(12-10-17)23(29)15(3)27-13-19(16(4)28)18-7-5-6-8-20(18)27/h5-8,13-15,17H,9-12H2,1-4H3. The molecule has 4 rings (SSSR count). The number of aromatic nitrogens is 3. The van der Waals surface area contributed by atoms with Crippen LogP contribution in [0, 0.1) is 0 Å². The van der Waals surface area contributed by atoms with E-state index >= 15 is 0 Å². The molecule has 30 heavy (non-hydrogen) atoms. The summed E-state index contributed by atoms with van der Waals surface area (Å²) in [4.78, 5) is 31.7. The first-order valence-electron chi connectivity index (χ1n) is 10.6. The monoisotopic (exact) mass is 408 g/mol. The van der Waals surface area contributed by atoms with Crippen molar-refractivity contribution in [2.24, 2.45) is 0 Å². The topological polar surface area (TPSA) is 81.2 Å². The molecule has 1 aromatic carbocycles. The number of benzene rings is 1. The van der Waals surface area contributed by atoms with Gasteiger partial charge in [-0.3, -0.25) is 9.59 Å². The van der Waals surface area contributed by atoms with Crippen LogP contribution in [-0.2, 0) is 4.79 Å². The predicted octanol–water partition coefficient (Wildman–Crippen LogP) is 4.32. The summed E-state index contributed by atoms with van der Waals surface area (Å²) in [5.41, 5.74) is 1.56. The van der Waals surface area contributed by atoms with E-state index in [9.17, 15) is 9.59 Å². The second-order valence-electron chi connectivity index (χ2n) is 8.44. The second-order valence-corrected chi connectivity index (χ2v) is 8.44. The van der Waals surface area contributed by atoms with Crippen LogP contribution < -0.4 is 0 Å². The average molecular weight is 409 g/mol. The van der Waals surface area contributed by atoms with E-state index < -0.39 is 0 Å². The van der Waals surface area contributed by atoms with Crippen LogP contribution in [-0.4, -0.2) is 44.4 Å². The summed E-state index contributed by atoms with van der Waals surface area (Å²) in [6, 6.07) is 7.36. The van der Waals surface area contributed by atoms with Crippen molar-refractivity contribution in [2.75, 3.05) is 13.1 Å². The summed E-state index contributed by atoms with van der Waals surface area (Å²) in [5.74, 6) is 1.92. The number of Topliss-reactive ketones (excluding diaryl/α,β-unsaturated/α-hetero) is 1. The van der Waals surface area contributed by atoms with Crippen LogP contribution >= 0.6 is 0 Å². The molecule has 1 saturated heterocycles. The highest BCUT2D eigenvalue weighted by Gasteiger charge is 2.31. The van der Waals surface area contributed by atoms with Gasteiger partial charge in [0.25, 0.3) is 0 Å². The van der Waals surface area contributed by atoms with E-state index in [0.717, 1.165) is 29.6 Å². The minimum absolute atomic E-state index is 0.00531. The van der Waals surface area contributed by atoms with Crippen LogP contribution in [0.2, 0.25) is 0 Å². The number of para-hydroxylation sites is 1. The number of nitrogens with zero attached hydrogens (tertiary/aromatic N) is 4. The number of carbonyl (C=O) groups is 2. The van der Waals surface area contributed by atoms with Gasteiger partial charge in [-0.1, -0.05) is 37.2 Å². The van der Waals surface area contributed by atoms with Crippen molar-refractivity contribution in [1.82, 2.24) is 19.6 Å². The average Bonchev–Trinajstić information content (AvgIpc) is 3.38. The van der Waals surface area contributed by atoms with Gasteiger partial charge in [0, 0.05) is 47.6 Å². The first-order chi connectivity index (χ1) is 14.4. The Morgan fingerprint density at radius 2 is 1.83 bits per heavy atom. The molecule has 1 aliphatic rings. The third kappa shape index (κ3) is 3.64. The molecule has 2 aromatic heterocycles. The summed E-state index contributed by atoms with van der Waals surface area (Å²) >= 11 is 0. The number of amides is 1. The van der Waals surface area contributed by atoms with Crippen molar-refractivity contribution in [2.45, 2.75) is 58.4 Å². The van der Waals surface area contributed by atoms with Gasteiger partial charge in [0.1, 0.15) is 6.04 Å². The molecule has 158 valence electrons. The molecule has 7 nitrogen and oxygen atoms in total. The van der Waals surface area contributed by atoms with Crippen LogP contribution in [0.4, 0.5) is 0 Å². The van der Waals surface area contributed by atoms with E-state index in [1.54, 1.807) is 6.92 Å². The lowest BCUT2D eigenvalue weighted by Gasteiger charge is -2.32. The fraction of sp³-hybridized carbons (Fsp3) is 0.478. The molecule has 7 heteroatoms. The molecule has 1 amide bonds. The van der Waals surface area contributed by atoms with Crippen LogP contribution in [0.15, 0.2) is 35.0 Å². The minimum Gasteiger partial charge on any atom is -0.341 e. The third-order valence-corrected chi connectivity index (χ3v) is 6.02. The lowest BCUT2D eigenvalue weighted by Crippen LogP contribution is -2.41. The summed E-state index contributed by atoms with van der Waals surface area (Å²) in [7, 11) is 0. The number of hydrogen-bond acceptors (Lipinski definition) is 5. The van der Waals surface area contributed by atoms with Crippen molar-refractivity contribution in [1.29, 1.82) is 0 Å². The molecule has 0 saturated carbocycles. The van der Waals surface area contributed by atoms with E-state index in [-0.39, 0.29) is 29.6 Å². The Bertz CT molecular complexity index is 1070. The first-order valence-corrected chi connectivity index (χ1v) is 10.6. The zero-order valence-electron chi connectivity index (χ0n) is 18.0. The van der Waals surface area contributed by atoms with Gasteiger partial charge < -0.3 is 14.0 Å². The Hall–Kier alpha value is -2.96. The van der Waals surface area contributed by atoms with Crippen molar-refractivity contribution in [3.8, 4) is 0 Å². The van der Waals surface area contributed by atoms with Gasteiger partial charge in [-0.05, 0) is 32.8 Å². The van der Waals surface area contributed by atoms with E-state index in [0.29, 0.717) is 24.5 Å². The summed E-state index contributed by atoms with van der Waals surface area (Å²) in [6.07, 6.45) is 3.43. The van der Waals surface area contributed by atoms with Crippen LogP contribution in [0.1, 0.15) is 80.5 Å². The van der Waals surface area contributed by atoms with E-state index in [1.807, 2.05) is 60.7 Å². The van der Waals surface area contributed by atoms with E-state index in [2.05, 4.69) is 10.1 Å². The van der Waals surface area contributed by atoms with E-state index in [4.69, 9.17) is 4.52 Å². The molecular weight excluding hydrogens is 380 g/mol. The number of ketones is 1. The van der Waals surface area contributed by atoms with Crippen LogP contribution in [0.3, 0.4) is 0 Å². The lowest BCUT2D eigenvalue weighted by atomic mass is 9.96. The highest BCUT2D eigenvalue weighted by Crippen LogP contribution is 2.30. The molecule has 0 aliphatic carbocycles. The second kappa shape index (κ2) is 8.05. The van der Waals surface area contributed by atoms with Gasteiger partial charge >= 0.3 is 0 Å². The largest absolute Gasteiger partial charge is 0.341 e. The zero-order chi connectivity index (χ0) is 21.4. The molecule has 3 heterocycles. The fourth-order valence-corrected chi connectivity index (χ4v) is 4.18. The zero-order valence-corrected chi connectivity index (χ0v) is 18.0. The minimum atomic E-state index is -0.379. The first kappa shape index (κ1) is 20.3. The maximum absolute atomic E-state index is 13.2. The van der Waals surface area contributed by atoms with Gasteiger partial charge in [-0.2, -0.15) is 4.98 Å². The molecule has 3 aromatic rings. The Morgan fingerprint density at radius 3 is 2.47 bits per heavy atom. The Balaban J connectivity index is 1.48. The van der Waals surface area contributed by atoms with Crippen molar-refractivity contribution < 1.29 is 14.1 Å². The molecule has 1 aliphatic heterocycles. The molecule has 1 fully saturated rings. The van der Waals surface area contributed by atoms with Crippen molar-refractivity contribution >= 4 is 22.6 Å². The fourth-order valence-electron chi connectivity index (χ4n) is 4.18. The third-order valence-electron chi connectivity index (χ3n) is 6.02. The predicted molar refractivity (Wildman–Crippen MR) is 114 cm³/mol.